The molecule has 2 aromatic carbocycles. The number of nitriles is 1. The highest BCUT2D eigenvalue weighted by Gasteiger charge is 2.14. The molecule has 0 fully saturated rings. The van der Waals surface area contributed by atoms with Gasteiger partial charge in [-0.15, -0.1) is 0 Å². The SMILES string of the molecule is Cc1cc2ncc(C#N)c(Nc3ccc(OCc4ncccc4C)cc3C)c2cc1NC(=O)/C=C/CN(C)C. The van der Waals surface area contributed by atoms with Crippen molar-refractivity contribution >= 4 is 33.9 Å². The first-order valence-electron chi connectivity index (χ1n) is 12.6. The van der Waals surface area contributed by atoms with E-state index < -0.39 is 0 Å². The minimum atomic E-state index is -0.217. The van der Waals surface area contributed by atoms with Gasteiger partial charge in [-0.25, -0.2) is 0 Å². The highest BCUT2D eigenvalue weighted by atomic mass is 16.5. The second kappa shape index (κ2) is 12.2. The van der Waals surface area contributed by atoms with Gasteiger partial charge in [-0.2, -0.15) is 5.26 Å². The van der Waals surface area contributed by atoms with Crippen LogP contribution >= 0.6 is 0 Å². The number of carbonyl (C=O) groups is 1. The van der Waals surface area contributed by atoms with E-state index in [0.717, 1.165) is 44.7 Å². The average Bonchev–Trinajstić information content (AvgIpc) is 2.90. The Morgan fingerprint density at radius 3 is 2.56 bits per heavy atom. The van der Waals surface area contributed by atoms with Crippen LogP contribution in [0.3, 0.4) is 0 Å². The third-order valence-corrected chi connectivity index (χ3v) is 6.28. The Bertz CT molecular complexity index is 1590. The Hall–Kier alpha value is -4.74. The topological polar surface area (TPSA) is 103 Å². The van der Waals surface area contributed by atoms with Crippen LogP contribution in [-0.2, 0) is 11.4 Å². The lowest BCUT2D eigenvalue weighted by molar-refractivity contribution is -0.111. The molecule has 4 rings (SSSR count). The van der Waals surface area contributed by atoms with Gasteiger partial charge in [0, 0.05) is 41.8 Å². The molecule has 4 aromatic rings. The predicted molar refractivity (Wildman–Crippen MR) is 155 cm³/mol. The van der Waals surface area contributed by atoms with E-state index in [-0.39, 0.29) is 5.91 Å². The summed E-state index contributed by atoms with van der Waals surface area (Å²) in [7, 11) is 3.88. The fourth-order valence-corrected chi connectivity index (χ4v) is 4.06. The van der Waals surface area contributed by atoms with Gasteiger partial charge in [0.1, 0.15) is 18.4 Å². The molecule has 39 heavy (non-hydrogen) atoms. The van der Waals surface area contributed by atoms with Crippen molar-refractivity contribution in [2.75, 3.05) is 31.3 Å². The Morgan fingerprint density at radius 2 is 1.85 bits per heavy atom. The molecule has 0 radical (unpaired) electrons. The fourth-order valence-electron chi connectivity index (χ4n) is 4.06. The summed E-state index contributed by atoms with van der Waals surface area (Å²) >= 11 is 0. The number of hydrogen-bond donors (Lipinski definition) is 2. The number of rotatable bonds is 9. The normalized spacial score (nSPS) is 11.1. The molecular formula is C31H32N6O2. The lowest BCUT2D eigenvalue weighted by Gasteiger charge is -2.16. The number of ether oxygens (including phenoxy) is 1. The smallest absolute Gasteiger partial charge is 0.248 e. The molecule has 0 saturated heterocycles. The molecular weight excluding hydrogens is 488 g/mol. The maximum absolute atomic E-state index is 12.5. The van der Waals surface area contributed by atoms with E-state index in [1.807, 2.05) is 88.3 Å². The van der Waals surface area contributed by atoms with Crippen molar-refractivity contribution in [3.05, 3.63) is 95.0 Å². The molecule has 0 atom stereocenters. The molecule has 0 aliphatic carbocycles. The third-order valence-electron chi connectivity index (χ3n) is 6.28. The molecule has 2 N–H and O–H groups in total. The lowest BCUT2D eigenvalue weighted by atomic mass is 10.0. The van der Waals surface area contributed by atoms with Crippen LogP contribution < -0.4 is 15.4 Å². The number of nitrogens with one attached hydrogen (secondary N) is 2. The molecule has 1 amide bonds. The van der Waals surface area contributed by atoms with E-state index in [1.165, 1.54) is 6.08 Å². The number of likely N-dealkylation sites (N-methyl/N-ethyl adjacent to an activating group) is 1. The monoisotopic (exact) mass is 520 g/mol. The van der Waals surface area contributed by atoms with E-state index in [4.69, 9.17) is 4.74 Å². The quantitative estimate of drug-likeness (QED) is 0.269. The van der Waals surface area contributed by atoms with Crippen LogP contribution in [0.15, 0.2) is 67.0 Å². The van der Waals surface area contributed by atoms with Crippen molar-refractivity contribution in [1.82, 2.24) is 14.9 Å². The van der Waals surface area contributed by atoms with Crippen molar-refractivity contribution in [2.45, 2.75) is 27.4 Å². The van der Waals surface area contributed by atoms with E-state index in [9.17, 15) is 10.1 Å². The summed E-state index contributed by atoms with van der Waals surface area (Å²) in [5.41, 5.74) is 7.04. The number of aromatic nitrogens is 2. The summed E-state index contributed by atoms with van der Waals surface area (Å²) in [5, 5.41) is 17.0. The Balaban J connectivity index is 1.61. The first-order valence-corrected chi connectivity index (χ1v) is 12.6. The average molecular weight is 521 g/mol. The number of nitrogens with zero attached hydrogens (tertiary/aromatic N) is 4. The Kier molecular flexibility index (Phi) is 8.54. The van der Waals surface area contributed by atoms with Gasteiger partial charge < -0.3 is 20.3 Å². The van der Waals surface area contributed by atoms with E-state index in [1.54, 1.807) is 12.4 Å². The minimum Gasteiger partial charge on any atom is -0.487 e. The molecule has 0 spiro atoms. The molecule has 2 aromatic heterocycles. The van der Waals surface area contributed by atoms with Gasteiger partial charge in [-0.3, -0.25) is 14.8 Å². The van der Waals surface area contributed by atoms with Gasteiger partial charge in [0.15, 0.2) is 0 Å². The van der Waals surface area contributed by atoms with Gasteiger partial charge >= 0.3 is 0 Å². The summed E-state index contributed by atoms with van der Waals surface area (Å²) in [6.45, 7) is 6.95. The number of hydrogen-bond acceptors (Lipinski definition) is 7. The molecule has 0 bridgehead atoms. The molecule has 198 valence electrons. The zero-order valence-electron chi connectivity index (χ0n) is 22.9. The lowest BCUT2D eigenvalue weighted by Crippen LogP contribution is -2.13. The van der Waals surface area contributed by atoms with Crippen molar-refractivity contribution < 1.29 is 9.53 Å². The van der Waals surface area contributed by atoms with Crippen LogP contribution in [0, 0.1) is 32.1 Å². The second-order valence-corrected chi connectivity index (χ2v) is 9.65. The zero-order valence-corrected chi connectivity index (χ0v) is 22.9. The summed E-state index contributed by atoms with van der Waals surface area (Å²) < 4.78 is 5.98. The number of pyridine rings is 2. The van der Waals surface area contributed by atoms with Gasteiger partial charge in [-0.05, 0) is 88.0 Å². The number of carbonyl (C=O) groups excluding carboxylic acids is 1. The molecule has 0 unspecified atom stereocenters. The second-order valence-electron chi connectivity index (χ2n) is 9.65. The van der Waals surface area contributed by atoms with Crippen LogP contribution in [0.4, 0.5) is 17.1 Å². The number of fused-ring (bicyclic) bond motifs is 1. The summed E-state index contributed by atoms with van der Waals surface area (Å²) in [5.74, 6) is 0.511. The van der Waals surface area contributed by atoms with Gasteiger partial charge in [0.2, 0.25) is 5.91 Å². The Labute approximate surface area is 229 Å². The van der Waals surface area contributed by atoms with Crippen LogP contribution in [0.2, 0.25) is 0 Å². The van der Waals surface area contributed by atoms with Crippen molar-refractivity contribution in [3.63, 3.8) is 0 Å². The number of aryl methyl sites for hydroxylation is 3. The number of anilines is 3. The fraction of sp³-hybridized carbons (Fsp3) is 0.226. The van der Waals surface area contributed by atoms with Crippen LogP contribution in [0.25, 0.3) is 10.9 Å². The van der Waals surface area contributed by atoms with Crippen LogP contribution in [0.5, 0.6) is 5.75 Å². The number of amides is 1. The first kappa shape index (κ1) is 27.3. The molecule has 0 aliphatic rings. The van der Waals surface area contributed by atoms with Crippen molar-refractivity contribution in [2.24, 2.45) is 0 Å². The van der Waals surface area contributed by atoms with E-state index in [2.05, 4.69) is 26.7 Å². The van der Waals surface area contributed by atoms with Gasteiger partial charge in [0.05, 0.1) is 22.5 Å². The standard InChI is InChI=1S/C31H32N6O2/c1-20-8-6-12-33-29(20)19-39-24-10-11-26(21(2)14-24)36-31-23(17-32)18-34-28-15-22(3)27(16-25(28)31)35-30(38)9-7-13-37(4)5/h6-12,14-16,18H,13,19H2,1-5H3,(H,34,36)(H,35,38)/b9-7+. The van der Waals surface area contributed by atoms with E-state index >= 15 is 0 Å². The van der Waals surface area contributed by atoms with Gasteiger partial charge in [0.25, 0.3) is 0 Å². The van der Waals surface area contributed by atoms with E-state index in [0.29, 0.717) is 30.1 Å². The van der Waals surface area contributed by atoms with Crippen LogP contribution in [-0.4, -0.2) is 41.4 Å². The minimum absolute atomic E-state index is 0.217. The maximum Gasteiger partial charge on any atom is 0.248 e. The molecule has 0 saturated carbocycles. The summed E-state index contributed by atoms with van der Waals surface area (Å²) in [6.07, 6.45) is 6.65. The molecule has 0 aliphatic heterocycles. The summed E-state index contributed by atoms with van der Waals surface area (Å²) in [6, 6.07) is 15.7. The maximum atomic E-state index is 12.5. The predicted octanol–water partition coefficient (Wildman–Crippen LogP) is 5.81. The van der Waals surface area contributed by atoms with Gasteiger partial charge in [-0.1, -0.05) is 12.1 Å². The zero-order chi connectivity index (χ0) is 27.9. The van der Waals surface area contributed by atoms with Crippen molar-refractivity contribution in [3.8, 4) is 11.8 Å². The number of benzene rings is 2. The summed E-state index contributed by atoms with van der Waals surface area (Å²) in [4.78, 5) is 23.3. The molecule has 8 heteroatoms. The third kappa shape index (κ3) is 6.78. The molecule has 8 nitrogen and oxygen atoms in total. The first-order chi connectivity index (χ1) is 18.7. The van der Waals surface area contributed by atoms with Crippen LogP contribution in [0.1, 0.15) is 27.9 Å². The highest BCUT2D eigenvalue weighted by Crippen LogP contribution is 2.34. The molecule has 2 heterocycles. The largest absolute Gasteiger partial charge is 0.487 e. The Morgan fingerprint density at radius 1 is 1.05 bits per heavy atom. The van der Waals surface area contributed by atoms with Crippen molar-refractivity contribution in [1.29, 1.82) is 5.26 Å². The highest BCUT2D eigenvalue weighted by molar-refractivity contribution is 6.04.